The Kier molecular flexibility index (Phi) is 6.05. The molecule has 34 heavy (non-hydrogen) atoms. The minimum absolute atomic E-state index is 0.0198. The molecule has 0 unspecified atom stereocenters. The summed E-state index contributed by atoms with van der Waals surface area (Å²) in [5, 5.41) is 11.0. The zero-order valence-electron chi connectivity index (χ0n) is 17.5. The number of halogens is 3. The molecule has 2 heterocycles. The van der Waals surface area contributed by atoms with Crippen molar-refractivity contribution >= 4 is 9.84 Å². The summed E-state index contributed by atoms with van der Waals surface area (Å²) in [4.78, 5) is 16.3. The van der Waals surface area contributed by atoms with E-state index in [2.05, 4.69) is 4.98 Å². The van der Waals surface area contributed by atoms with Crippen LogP contribution in [0.25, 0.3) is 5.69 Å². The Morgan fingerprint density at radius 3 is 2.09 bits per heavy atom. The molecule has 0 bridgehead atoms. The number of hydrogen-bond donors (Lipinski definition) is 1. The number of rotatable bonds is 6. The van der Waals surface area contributed by atoms with Gasteiger partial charge in [-0.2, -0.15) is 13.2 Å². The first-order valence-electron chi connectivity index (χ1n) is 9.97. The Morgan fingerprint density at radius 1 is 0.882 bits per heavy atom. The van der Waals surface area contributed by atoms with Gasteiger partial charge >= 0.3 is 11.2 Å². The number of benzene rings is 2. The number of imidazole rings is 1. The summed E-state index contributed by atoms with van der Waals surface area (Å²) in [6, 6.07) is 16.1. The van der Waals surface area contributed by atoms with Gasteiger partial charge in [0.1, 0.15) is 0 Å². The number of nitrogens with zero attached hydrogens (tertiary/aromatic N) is 3. The highest BCUT2D eigenvalue weighted by molar-refractivity contribution is 7.92. The van der Waals surface area contributed by atoms with Crippen molar-refractivity contribution in [2.24, 2.45) is 0 Å². The molecule has 1 N–H and O–H groups in total. The van der Waals surface area contributed by atoms with Gasteiger partial charge in [-0.15, -0.1) is 0 Å². The average molecular weight is 489 g/mol. The molecule has 0 radical (unpaired) electrons. The molecule has 0 aliphatic rings. The van der Waals surface area contributed by atoms with Crippen molar-refractivity contribution in [3.63, 3.8) is 0 Å². The van der Waals surface area contributed by atoms with Gasteiger partial charge in [0.15, 0.2) is 0 Å². The zero-order valence-corrected chi connectivity index (χ0v) is 18.3. The molecule has 0 aliphatic carbocycles. The third-order valence-electron chi connectivity index (χ3n) is 5.23. The van der Waals surface area contributed by atoms with Gasteiger partial charge in [-0.25, -0.2) is 17.8 Å². The average Bonchev–Trinajstić information content (AvgIpc) is 3.04. The van der Waals surface area contributed by atoms with E-state index in [1.807, 2.05) is 30.3 Å². The van der Waals surface area contributed by atoms with E-state index >= 15 is 0 Å². The highest BCUT2D eigenvalue weighted by atomic mass is 32.2. The summed E-state index contributed by atoms with van der Waals surface area (Å²) < 4.78 is 64.1. The van der Waals surface area contributed by atoms with Crippen LogP contribution in [0.1, 0.15) is 16.8 Å². The molecule has 176 valence electrons. The molecule has 4 aromatic rings. The SMILES string of the molecule is O=c1n(Cc2ccncc2)c(Cc2ccccc2)c(O)n1-c1ccc(S(=O)(=O)C(F)(F)F)cc1. The second-order valence-electron chi connectivity index (χ2n) is 7.44. The molecule has 0 aliphatic heterocycles. The maximum absolute atomic E-state index is 13.3. The summed E-state index contributed by atoms with van der Waals surface area (Å²) in [5.74, 6) is -0.394. The largest absolute Gasteiger partial charge is 0.501 e. The Balaban J connectivity index is 1.82. The Morgan fingerprint density at radius 2 is 1.50 bits per heavy atom. The molecule has 2 aromatic carbocycles. The molecule has 7 nitrogen and oxygen atoms in total. The van der Waals surface area contributed by atoms with E-state index in [-0.39, 0.29) is 18.7 Å². The van der Waals surface area contributed by atoms with Crippen LogP contribution in [0.15, 0.2) is 88.8 Å². The third-order valence-corrected chi connectivity index (χ3v) is 6.73. The highest BCUT2D eigenvalue weighted by Gasteiger charge is 2.46. The second-order valence-corrected chi connectivity index (χ2v) is 9.38. The number of hydrogen-bond acceptors (Lipinski definition) is 5. The van der Waals surface area contributed by atoms with E-state index in [0.29, 0.717) is 5.69 Å². The van der Waals surface area contributed by atoms with Crippen LogP contribution >= 0.6 is 0 Å². The number of aromatic nitrogens is 3. The van der Waals surface area contributed by atoms with Gasteiger partial charge < -0.3 is 5.11 Å². The second kappa shape index (κ2) is 8.82. The van der Waals surface area contributed by atoms with Crippen molar-refractivity contribution in [3.8, 4) is 11.6 Å². The maximum atomic E-state index is 13.3. The first kappa shape index (κ1) is 23.3. The Hall–Kier alpha value is -3.86. The number of sulfone groups is 1. The minimum Gasteiger partial charge on any atom is -0.493 e. The fourth-order valence-electron chi connectivity index (χ4n) is 3.51. The van der Waals surface area contributed by atoms with Gasteiger partial charge in [-0.05, 0) is 47.5 Å². The number of alkyl halides is 3. The zero-order chi connectivity index (χ0) is 24.5. The van der Waals surface area contributed by atoms with Crippen molar-refractivity contribution in [3.05, 3.63) is 106 Å². The predicted octanol–water partition coefficient (Wildman–Crippen LogP) is 3.67. The molecule has 0 atom stereocenters. The first-order chi connectivity index (χ1) is 16.1. The van der Waals surface area contributed by atoms with E-state index in [9.17, 15) is 31.5 Å². The van der Waals surface area contributed by atoms with Gasteiger partial charge in [0, 0.05) is 18.8 Å². The van der Waals surface area contributed by atoms with Crippen LogP contribution in [0, 0.1) is 0 Å². The Labute approximate surface area is 192 Å². The van der Waals surface area contributed by atoms with Gasteiger partial charge in [0.25, 0.3) is 9.84 Å². The maximum Gasteiger partial charge on any atom is 0.501 e. The lowest BCUT2D eigenvalue weighted by atomic mass is 10.1. The third kappa shape index (κ3) is 4.34. The van der Waals surface area contributed by atoms with Crippen LogP contribution in [-0.4, -0.2) is 33.2 Å². The lowest BCUT2D eigenvalue weighted by Crippen LogP contribution is -2.25. The quantitative estimate of drug-likeness (QED) is 0.446. The van der Waals surface area contributed by atoms with Gasteiger partial charge in [0.2, 0.25) is 5.88 Å². The highest BCUT2D eigenvalue weighted by Crippen LogP contribution is 2.31. The fraction of sp³-hybridized carbons (Fsp3) is 0.130. The normalized spacial score (nSPS) is 12.1. The first-order valence-corrected chi connectivity index (χ1v) is 11.5. The molecule has 4 rings (SSSR count). The van der Waals surface area contributed by atoms with Crippen molar-refractivity contribution in [1.82, 2.24) is 14.1 Å². The Bertz CT molecular complexity index is 1460. The minimum atomic E-state index is -5.54. The monoisotopic (exact) mass is 489 g/mol. The smallest absolute Gasteiger partial charge is 0.493 e. The van der Waals surface area contributed by atoms with Gasteiger partial charge in [0.05, 0.1) is 22.8 Å². The van der Waals surface area contributed by atoms with Crippen LogP contribution in [0.4, 0.5) is 13.2 Å². The molecule has 0 fully saturated rings. The lowest BCUT2D eigenvalue weighted by molar-refractivity contribution is -0.0436. The van der Waals surface area contributed by atoms with E-state index in [4.69, 9.17) is 0 Å². The van der Waals surface area contributed by atoms with Crippen LogP contribution in [0.2, 0.25) is 0 Å². The summed E-state index contributed by atoms with van der Waals surface area (Å²) in [6.07, 6.45) is 3.34. The predicted molar refractivity (Wildman–Crippen MR) is 118 cm³/mol. The number of aromatic hydroxyl groups is 1. The molecular weight excluding hydrogens is 471 g/mol. The van der Waals surface area contributed by atoms with E-state index in [0.717, 1.165) is 40.0 Å². The standard InChI is InChI=1S/C23H18F3N3O4S/c24-23(25,26)34(32,33)19-8-6-18(7-9-19)29-21(30)20(14-16-4-2-1-3-5-16)28(22(29)31)15-17-10-12-27-13-11-17/h1-13,30H,14-15H2. The van der Waals surface area contributed by atoms with Crippen molar-refractivity contribution in [2.75, 3.05) is 0 Å². The van der Waals surface area contributed by atoms with Gasteiger partial charge in [-0.3, -0.25) is 9.55 Å². The summed E-state index contributed by atoms with van der Waals surface area (Å²) in [5.41, 5.74) is -4.21. The molecule has 11 heteroatoms. The topological polar surface area (TPSA) is 94.2 Å². The molecule has 0 saturated heterocycles. The lowest BCUT2D eigenvalue weighted by Gasteiger charge is -2.09. The van der Waals surface area contributed by atoms with Crippen LogP contribution in [0.3, 0.4) is 0 Å². The molecule has 0 spiro atoms. The van der Waals surface area contributed by atoms with E-state index in [1.54, 1.807) is 24.5 Å². The van der Waals surface area contributed by atoms with Crippen LogP contribution in [0.5, 0.6) is 5.88 Å². The fourth-order valence-corrected chi connectivity index (χ4v) is 4.28. The molecule has 0 saturated carbocycles. The van der Waals surface area contributed by atoms with Crippen LogP contribution in [-0.2, 0) is 22.8 Å². The van der Waals surface area contributed by atoms with Crippen molar-refractivity contribution in [1.29, 1.82) is 0 Å². The summed E-state index contributed by atoms with van der Waals surface area (Å²) >= 11 is 0. The van der Waals surface area contributed by atoms with E-state index < -0.39 is 31.8 Å². The number of pyridine rings is 1. The molecular formula is C23H18F3N3O4S. The van der Waals surface area contributed by atoms with Crippen LogP contribution < -0.4 is 5.69 Å². The van der Waals surface area contributed by atoms with E-state index in [1.165, 1.54) is 4.57 Å². The summed E-state index contributed by atoms with van der Waals surface area (Å²) in [6.45, 7) is 0.116. The van der Waals surface area contributed by atoms with Crippen molar-refractivity contribution in [2.45, 2.75) is 23.4 Å². The summed E-state index contributed by atoms with van der Waals surface area (Å²) in [7, 11) is -5.54. The van der Waals surface area contributed by atoms with Gasteiger partial charge in [-0.1, -0.05) is 30.3 Å². The van der Waals surface area contributed by atoms with Crippen molar-refractivity contribution < 1.29 is 26.7 Å². The molecule has 0 amide bonds. The molecule has 2 aromatic heterocycles.